The lowest BCUT2D eigenvalue weighted by Crippen LogP contribution is -2.55. The van der Waals surface area contributed by atoms with Crippen LogP contribution in [0, 0.1) is 0 Å². The highest BCUT2D eigenvalue weighted by Crippen LogP contribution is 2.63. The third-order valence-corrected chi connectivity index (χ3v) is 3.81. The van der Waals surface area contributed by atoms with Crippen molar-refractivity contribution in [2.75, 3.05) is 0 Å². The van der Waals surface area contributed by atoms with Gasteiger partial charge in [0.25, 0.3) is 0 Å². The molecule has 0 atom stereocenters. The Kier molecular flexibility index (Phi) is 3.20. The summed E-state index contributed by atoms with van der Waals surface area (Å²) in [6, 6.07) is 3.83. The first-order valence-corrected chi connectivity index (χ1v) is 6.47. The number of phenols is 2. The van der Waals surface area contributed by atoms with Crippen molar-refractivity contribution in [3.8, 4) is 23.0 Å². The van der Waals surface area contributed by atoms with Crippen LogP contribution in [0.1, 0.15) is 11.1 Å². The highest BCUT2D eigenvalue weighted by Gasteiger charge is 2.75. The Labute approximate surface area is 130 Å². The van der Waals surface area contributed by atoms with Crippen LogP contribution in [0.4, 0.5) is 26.3 Å². The normalized spacial score (nSPS) is 16.1. The maximum Gasteiger partial charge on any atom is 0.411 e. The number of hydrogen-bond acceptors (Lipinski definition) is 3. The molecule has 128 valence electrons. The summed E-state index contributed by atoms with van der Waals surface area (Å²) in [7, 11) is 0. The van der Waals surface area contributed by atoms with Crippen LogP contribution in [0.25, 0.3) is 0 Å². The second-order valence-electron chi connectivity index (χ2n) is 5.21. The van der Waals surface area contributed by atoms with Crippen molar-refractivity contribution in [1.82, 2.24) is 0 Å². The molecule has 0 aromatic heterocycles. The van der Waals surface area contributed by atoms with Crippen LogP contribution >= 0.6 is 0 Å². The quantitative estimate of drug-likeness (QED) is 0.682. The molecule has 2 aromatic carbocycles. The van der Waals surface area contributed by atoms with Crippen LogP contribution in [-0.2, 0) is 5.41 Å². The summed E-state index contributed by atoms with van der Waals surface area (Å²) in [6.07, 6.45) is -11.5. The largest absolute Gasteiger partial charge is 0.508 e. The Balaban J connectivity index is 2.48. The van der Waals surface area contributed by atoms with E-state index in [9.17, 15) is 36.6 Å². The van der Waals surface area contributed by atoms with E-state index in [-0.39, 0.29) is 0 Å². The first-order chi connectivity index (χ1) is 11.0. The van der Waals surface area contributed by atoms with Gasteiger partial charge in [0.05, 0.1) is 0 Å². The molecular formula is C15H8F6O3. The monoisotopic (exact) mass is 350 g/mol. The van der Waals surface area contributed by atoms with E-state index in [0.29, 0.717) is 24.3 Å². The van der Waals surface area contributed by atoms with E-state index >= 15 is 0 Å². The van der Waals surface area contributed by atoms with Crippen molar-refractivity contribution in [3.63, 3.8) is 0 Å². The molecule has 0 aliphatic carbocycles. The maximum atomic E-state index is 13.8. The summed E-state index contributed by atoms with van der Waals surface area (Å²) in [4.78, 5) is 0. The number of phenolic OH excluding ortho intramolecular Hbond substituents is 2. The molecule has 24 heavy (non-hydrogen) atoms. The van der Waals surface area contributed by atoms with Gasteiger partial charge in [0, 0.05) is 23.3 Å². The Bertz CT molecular complexity index is 742. The van der Waals surface area contributed by atoms with Crippen molar-refractivity contribution in [3.05, 3.63) is 47.5 Å². The smallest absolute Gasteiger partial charge is 0.411 e. The van der Waals surface area contributed by atoms with Crippen molar-refractivity contribution < 1.29 is 41.3 Å². The molecule has 0 unspecified atom stereocenters. The van der Waals surface area contributed by atoms with Gasteiger partial charge in [-0.25, -0.2) is 0 Å². The minimum Gasteiger partial charge on any atom is -0.508 e. The summed E-state index contributed by atoms with van der Waals surface area (Å²) in [6.45, 7) is 0. The van der Waals surface area contributed by atoms with Gasteiger partial charge in [0.2, 0.25) is 5.41 Å². The summed E-state index contributed by atoms with van der Waals surface area (Å²) in [5, 5.41) is 18.7. The minimum atomic E-state index is -5.74. The van der Waals surface area contributed by atoms with Gasteiger partial charge in [-0.2, -0.15) is 26.3 Å². The van der Waals surface area contributed by atoms with E-state index in [1.165, 1.54) is 0 Å². The van der Waals surface area contributed by atoms with Crippen molar-refractivity contribution in [2.45, 2.75) is 17.8 Å². The van der Waals surface area contributed by atoms with Gasteiger partial charge in [-0.05, 0) is 12.1 Å². The molecule has 0 amide bonds. The lowest BCUT2D eigenvalue weighted by molar-refractivity contribution is -0.290. The molecule has 3 nitrogen and oxygen atoms in total. The molecule has 0 bridgehead atoms. The average molecular weight is 350 g/mol. The fraction of sp³-hybridized carbons (Fsp3) is 0.200. The van der Waals surface area contributed by atoms with Crippen LogP contribution in [0.3, 0.4) is 0 Å². The first-order valence-electron chi connectivity index (χ1n) is 6.47. The fourth-order valence-electron chi connectivity index (χ4n) is 2.85. The SMILES string of the molecule is Oc1ccc2c(c1)Oc1cc(O)ccc1C2(C(F)(F)F)C(F)(F)F. The molecule has 1 heterocycles. The zero-order valence-corrected chi connectivity index (χ0v) is 11.5. The first kappa shape index (κ1) is 16.3. The molecule has 0 fully saturated rings. The molecule has 3 rings (SSSR count). The topological polar surface area (TPSA) is 49.7 Å². The van der Waals surface area contributed by atoms with E-state index in [1.54, 1.807) is 0 Å². The van der Waals surface area contributed by atoms with Crippen LogP contribution in [0.15, 0.2) is 36.4 Å². The number of fused-ring (bicyclic) bond motifs is 2. The Morgan fingerprint density at radius 3 is 1.42 bits per heavy atom. The number of ether oxygens (including phenoxy) is 1. The van der Waals surface area contributed by atoms with E-state index in [2.05, 4.69) is 0 Å². The van der Waals surface area contributed by atoms with Gasteiger partial charge < -0.3 is 14.9 Å². The molecule has 0 saturated carbocycles. The number of alkyl halides is 6. The third kappa shape index (κ3) is 2.00. The standard InChI is InChI=1S/C15H8F6O3/c16-14(17,18)13(15(19,20)21)9-3-1-7(22)5-11(9)24-12-6-8(23)2-4-10(12)13/h1-6,22-23H. The van der Waals surface area contributed by atoms with Gasteiger partial charge in [-0.3, -0.25) is 0 Å². The third-order valence-electron chi connectivity index (χ3n) is 3.81. The molecule has 1 aliphatic heterocycles. The predicted molar refractivity (Wildman–Crippen MR) is 69.2 cm³/mol. The predicted octanol–water partition coefficient (Wildman–Crippen LogP) is 4.61. The second-order valence-corrected chi connectivity index (χ2v) is 5.21. The lowest BCUT2D eigenvalue weighted by atomic mass is 9.71. The summed E-state index contributed by atoms with van der Waals surface area (Å²) >= 11 is 0. The van der Waals surface area contributed by atoms with Gasteiger partial charge >= 0.3 is 12.4 Å². The number of hydrogen-bond donors (Lipinski definition) is 2. The van der Waals surface area contributed by atoms with E-state index in [0.717, 1.165) is 12.1 Å². The Hall–Kier alpha value is -2.58. The Morgan fingerprint density at radius 1 is 0.708 bits per heavy atom. The number of aromatic hydroxyl groups is 2. The van der Waals surface area contributed by atoms with E-state index in [4.69, 9.17) is 4.74 Å². The average Bonchev–Trinajstić information content (AvgIpc) is 2.41. The second kappa shape index (κ2) is 4.71. The lowest BCUT2D eigenvalue weighted by Gasteiger charge is -2.42. The van der Waals surface area contributed by atoms with Crippen LogP contribution in [0.2, 0.25) is 0 Å². The molecule has 0 spiro atoms. The summed E-state index contributed by atoms with van der Waals surface area (Å²) < 4.78 is 87.6. The molecule has 9 heteroatoms. The van der Waals surface area contributed by atoms with Gasteiger partial charge in [-0.15, -0.1) is 0 Å². The van der Waals surface area contributed by atoms with Gasteiger partial charge in [0.1, 0.15) is 23.0 Å². The molecule has 2 aromatic rings. The molecule has 2 N–H and O–H groups in total. The van der Waals surface area contributed by atoms with Gasteiger partial charge in [-0.1, -0.05) is 12.1 Å². The summed E-state index contributed by atoms with van der Waals surface area (Å²) in [5.41, 5.74) is -6.71. The van der Waals surface area contributed by atoms with Crippen molar-refractivity contribution in [1.29, 1.82) is 0 Å². The van der Waals surface area contributed by atoms with E-state index in [1.807, 2.05) is 0 Å². The Morgan fingerprint density at radius 2 is 1.08 bits per heavy atom. The molecular weight excluding hydrogens is 342 g/mol. The number of halogens is 6. The minimum absolute atomic E-state index is 0.529. The summed E-state index contributed by atoms with van der Waals surface area (Å²) in [5.74, 6) is -2.70. The molecule has 1 aliphatic rings. The maximum absolute atomic E-state index is 13.8. The van der Waals surface area contributed by atoms with Crippen LogP contribution < -0.4 is 4.74 Å². The molecule has 0 radical (unpaired) electrons. The van der Waals surface area contributed by atoms with E-state index < -0.39 is 51.9 Å². The molecule has 0 saturated heterocycles. The van der Waals surface area contributed by atoms with Crippen LogP contribution in [0.5, 0.6) is 23.0 Å². The number of rotatable bonds is 0. The highest BCUT2D eigenvalue weighted by atomic mass is 19.4. The number of benzene rings is 2. The highest BCUT2D eigenvalue weighted by molar-refractivity contribution is 5.62. The van der Waals surface area contributed by atoms with Crippen molar-refractivity contribution >= 4 is 0 Å². The zero-order chi connectivity index (χ0) is 17.9. The van der Waals surface area contributed by atoms with Gasteiger partial charge in [0.15, 0.2) is 0 Å². The fourth-order valence-corrected chi connectivity index (χ4v) is 2.85. The van der Waals surface area contributed by atoms with Crippen molar-refractivity contribution in [2.24, 2.45) is 0 Å². The van der Waals surface area contributed by atoms with Crippen LogP contribution in [-0.4, -0.2) is 22.6 Å². The zero-order valence-electron chi connectivity index (χ0n) is 11.5.